The Balaban J connectivity index is 2.98. The van der Waals surface area contributed by atoms with Gasteiger partial charge in [0.25, 0.3) is 0 Å². The molecule has 0 atom stereocenters. The van der Waals surface area contributed by atoms with Crippen LogP contribution in [0.1, 0.15) is 11.1 Å². The quantitative estimate of drug-likeness (QED) is 0.694. The second-order valence-corrected chi connectivity index (χ2v) is 4.98. The van der Waals surface area contributed by atoms with Crippen LogP contribution >= 0.6 is 0 Å². The van der Waals surface area contributed by atoms with Crippen molar-refractivity contribution in [3.63, 3.8) is 0 Å². The fourth-order valence-electron chi connectivity index (χ4n) is 0.981. The van der Waals surface area contributed by atoms with E-state index in [4.69, 9.17) is 0 Å². The molecule has 1 rings (SSSR count). The van der Waals surface area contributed by atoms with Gasteiger partial charge in [-0.05, 0) is 18.1 Å². The smallest absolute Gasteiger partial charge is 0.151 e. The summed E-state index contributed by atoms with van der Waals surface area (Å²) in [6.45, 7) is 3.74. The van der Waals surface area contributed by atoms with Gasteiger partial charge in [-0.3, -0.25) is 0 Å². The maximum atomic E-state index is 10.9. The predicted octanol–water partition coefficient (Wildman–Crippen LogP) is 1.41. The summed E-state index contributed by atoms with van der Waals surface area (Å²) in [6, 6.07) is 7.24. The average Bonchev–Trinajstić information content (AvgIpc) is 1.91. The Bertz CT molecular complexity index is 366. The third-order valence-corrected chi connectivity index (χ3v) is 2.37. The van der Waals surface area contributed by atoms with Gasteiger partial charge in [0.1, 0.15) is 0 Å². The van der Waals surface area contributed by atoms with E-state index in [0.29, 0.717) is 0 Å². The molecule has 0 amide bonds. The van der Waals surface area contributed by atoms with Gasteiger partial charge in [0.05, 0.1) is 5.75 Å². The third kappa shape index (κ3) is 2.66. The van der Waals surface area contributed by atoms with Crippen molar-refractivity contribution in [3.8, 4) is 0 Å². The minimum absolute atomic E-state index is 0.0761. The molecule has 0 heterocycles. The van der Waals surface area contributed by atoms with Crippen LogP contribution in [-0.4, -0.2) is 14.7 Å². The maximum Gasteiger partial charge on any atom is 0.151 e. The lowest BCUT2D eigenvalue weighted by molar-refractivity contribution is 0.601. The summed E-state index contributed by atoms with van der Waals surface area (Å²) in [7, 11) is -2.94. The van der Waals surface area contributed by atoms with Crippen molar-refractivity contribution in [2.75, 3.05) is 6.26 Å². The van der Waals surface area contributed by atoms with E-state index in [9.17, 15) is 8.42 Å². The van der Waals surface area contributed by atoms with E-state index in [0.717, 1.165) is 11.1 Å². The SMILES string of the molecule is [CH2]c1ccccc1CS(C)(=O)=O. The number of benzene rings is 1. The van der Waals surface area contributed by atoms with Crippen molar-refractivity contribution in [1.29, 1.82) is 0 Å². The molecule has 0 saturated heterocycles. The molecule has 1 aromatic rings. The summed E-state index contributed by atoms with van der Waals surface area (Å²) in [5.74, 6) is 0.0761. The minimum Gasteiger partial charge on any atom is -0.229 e. The van der Waals surface area contributed by atoms with Crippen LogP contribution in [-0.2, 0) is 15.6 Å². The standard InChI is InChI=1S/C9H11O2S/c1-8-5-3-4-6-9(8)7-12(2,10)11/h3-6H,1,7H2,2H3. The van der Waals surface area contributed by atoms with E-state index in [1.54, 1.807) is 12.1 Å². The zero-order chi connectivity index (χ0) is 9.19. The number of hydrogen-bond acceptors (Lipinski definition) is 2. The van der Waals surface area contributed by atoms with Gasteiger partial charge in [-0.15, -0.1) is 0 Å². The van der Waals surface area contributed by atoms with Gasteiger partial charge in [0.2, 0.25) is 0 Å². The third-order valence-electron chi connectivity index (χ3n) is 1.54. The van der Waals surface area contributed by atoms with Gasteiger partial charge in [-0.25, -0.2) is 8.42 Å². The molecule has 0 N–H and O–H groups in total. The van der Waals surface area contributed by atoms with Crippen LogP contribution in [0.3, 0.4) is 0 Å². The lowest BCUT2D eigenvalue weighted by Crippen LogP contribution is -2.01. The van der Waals surface area contributed by atoms with E-state index in [2.05, 4.69) is 6.92 Å². The molecule has 0 aromatic heterocycles. The summed E-state index contributed by atoms with van der Waals surface area (Å²) < 4.78 is 21.9. The summed E-state index contributed by atoms with van der Waals surface area (Å²) >= 11 is 0. The monoisotopic (exact) mass is 183 g/mol. The molecule has 1 radical (unpaired) electrons. The molecule has 0 aliphatic rings. The van der Waals surface area contributed by atoms with Crippen LogP contribution in [0.2, 0.25) is 0 Å². The Morgan fingerprint density at radius 1 is 1.33 bits per heavy atom. The average molecular weight is 183 g/mol. The van der Waals surface area contributed by atoms with Gasteiger partial charge in [-0.1, -0.05) is 24.3 Å². The molecule has 1 aromatic carbocycles. The first-order valence-corrected chi connectivity index (χ1v) is 5.63. The first kappa shape index (κ1) is 9.26. The second-order valence-electron chi connectivity index (χ2n) is 2.84. The molecule has 0 fully saturated rings. The van der Waals surface area contributed by atoms with Crippen molar-refractivity contribution >= 4 is 9.84 Å². The first-order chi connectivity index (χ1) is 5.49. The van der Waals surface area contributed by atoms with Gasteiger partial charge in [0, 0.05) is 6.26 Å². The Hall–Kier alpha value is -0.830. The van der Waals surface area contributed by atoms with E-state index < -0.39 is 9.84 Å². The van der Waals surface area contributed by atoms with E-state index >= 15 is 0 Å². The van der Waals surface area contributed by atoms with Crippen LogP contribution < -0.4 is 0 Å². The van der Waals surface area contributed by atoms with Crippen molar-refractivity contribution in [1.82, 2.24) is 0 Å². The highest BCUT2D eigenvalue weighted by Gasteiger charge is 2.05. The number of rotatable bonds is 2. The Kier molecular flexibility index (Phi) is 2.52. The summed E-state index contributed by atoms with van der Waals surface area (Å²) in [5, 5.41) is 0. The normalized spacial score (nSPS) is 11.5. The molecule has 0 bridgehead atoms. The van der Waals surface area contributed by atoms with Crippen LogP contribution in [0.15, 0.2) is 24.3 Å². The van der Waals surface area contributed by atoms with E-state index in [1.165, 1.54) is 6.26 Å². The highest BCUT2D eigenvalue weighted by molar-refractivity contribution is 7.89. The molecule has 3 heteroatoms. The molecular formula is C9H11O2S. The zero-order valence-electron chi connectivity index (χ0n) is 6.95. The van der Waals surface area contributed by atoms with Crippen LogP contribution in [0, 0.1) is 6.92 Å². The largest absolute Gasteiger partial charge is 0.229 e. The lowest BCUT2D eigenvalue weighted by atomic mass is 10.1. The Labute approximate surface area is 73.2 Å². The molecular weight excluding hydrogens is 172 g/mol. The van der Waals surface area contributed by atoms with E-state index in [1.807, 2.05) is 12.1 Å². The van der Waals surface area contributed by atoms with Gasteiger partial charge in [-0.2, -0.15) is 0 Å². The molecule has 0 spiro atoms. The summed E-state index contributed by atoms with van der Waals surface area (Å²) in [5.41, 5.74) is 1.56. The topological polar surface area (TPSA) is 34.1 Å². The highest BCUT2D eigenvalue weighted by Crippen LogP contribution is 2.09. The van der Waals surface area contributed by atoms with Crippen LogP contribution in [0.4, 0.5) is 0 Å². The van der Waals surface area contributed by atoms with Crippen LogP contribution in [0.5, 0.6) is 0 Å². The molecule has 0 saturated carbocycles. The lowest BCUT2D eigenvalue weighted by Gasteiger charge is -2.02. The number of sulfone groups is 1. The molecule has 65 valence electrons. The first-order valence-electron chi connectivity index (χ1n) is 3.56. The van der Waals surface area contributed by atoms with Crippen molar-refractivity contribution in [3.05, 3.63) is 42.3 Å². The molecule has 0 aliphatic carbocycles. The predicted molar refractivity (Wildman–Crippen MR) is 49.4 cm³/mol. The maximum absolute atomic E-state index is 10.9. The van der Waals surface area contributed by atoms with Crippen molar-refractivity contribution in [2.45, 2.75) is 5.75 Å². The van der Waals surface area contributed by atoms with Crippen LogP contribution in [0.25, 0.3) is 0 Å². The van der Waals surface area contributed by atoms with Gasteiger partial charge < -0.3 is 0 Å². The Morgan fingerprint density at radius 2 is 1.92 bits per heavy atom. The van der Waals surface area contributed by atoms with Crippen molar-refractivity contribution < 1.29 is 8.42 Å². The van der Waals surface area contributed by atoms with Gasteiger partial charge >= 0.3 is 0 Å². The summed E-state index contributed by atoms with van der Waals surface area (Å²) in [4.78, 5) is 0. The zero-order valence-corrected chi connectivity index (χ0v) is 7.76. The minimum atomic E-state index is -2.94. The number of hydrogen-bond donors (Lipinski definition) is 0. The molecule has 12 heavy (non-hydrogen) atoms. The van der Waals surface area contributed by atoms with Crippen molar-refractivity contribution in [2.24, 2.45) is 0 Å². The van der Waals surface area contributed by atoms with E-state index in [-0.39, 0.29) is 5.75 Å². The molecule has 0 aliphatic heterocycles. The van der Waals surface area contributed by atoms with Gasteiger partial charge in [0.15, 0.2) is 9.84 Å². The summed E-state index contributed by atoms with van der Waals surface area (Å²) in [6.07, 6.45) is 1.22. The molecule has 2 nitrogen and oxygen atoms in total. The second kappa shape index (κ2) is 3.27. The fraction of sp³-hybridized carbons (Fsp3) is 0.222. The Morgan fingerprint density at radius 3 is 2.42 bits per heavy atom. The highest BCUT2D eigenvalue weighted by atomic mass is 32.2. The fourth-order valence-corrected chi connectivity index (χ4v) is 1.83. The molecule has 0 unspecified atom stereocenters.